The van der Waals surface area contributed by atoms with Crippen molar-refractivity contribution < 1.29 is 9.59 Å². The van der Waals surface area contributed by atoms with Gasteiger partial charge < -0.3 is 4.98 Å². The van der Waals surface area contributed by atoms with Crippen LogP contribution in [0, 0.1) is 20.8 Å². The zero-order valence-electron chi connectivity index (χ0n) is 16.9. The third kappa shape index (κ3) is 4.01. The third-order valence-electron chi connectivity index (χ3n) is 5.08. The van der Waals surface area contributed by atoms with Crippen LogP contribution in [0.5, 0.6) is 0 Å². The second-order valence-corrected chi connectivity index (χ2v) is 8.27. The molecule has 2 aromatic heterocycles. The van der Waals surface area contributed by atoms with E-state index < -0.39 is 6.04 Å². The molecule has 2 heterocycles. The third-order valence-corrected chi connectivity index (χ3v) is 6.02. The molecule has 0 aliphatic heterocycles. The average Bonchev–Trinajstić information content (AvgIpc) is 3.27. The Hall–Kier alpha value is -2.50. The maximum atomic E-state index is 13.1. The fraction of sp³-hybridized carbons (Fsp3) is 0.304. The first-order valence-electron chi connectivity index (χ1n) is 9.40. The van der Waals surface area contributed by atoms with Gasteiger partial charge in [0.15, 0.2) is 11.6 Å². The highest BCUT2D eigenvalue weighted by molar-refractivity contribution is 7.10. The van der Waals surface area contributed by atoms with Crippen molar-refractivity contribution in [3.63, 3.8) is 0 Å². The number of rotatable bonds is 7. The van der Waals surface area contributed by atoms with Crippen LogP contribution >= 0.6 is 11.3 Å². The summed E-state index contributed by atoms with van der Waals surface area (Å²) in [5, 5.41) is 5.54. The number of aromatic nitrogens is 1. The molecule has 1 aromatic carbocycles. The predicted molar refractivity (Wildman–Crippen MR) is 115 cm³/mol. The second-order valence-electron chi connectivity index (χ2n) is 7.29. The normalized spacial score (nSPS) is 13.3. The van der Waals surface area contributed by atoms with Crippen LogP contribution in [0.3, 0.4) is 0 Å². The zero-order valence-corrected chi connectivity index (χ0v) is 17.7. The molecule has 146 valence electrons. The maximum Gasteiger partial charge on any atom is 0.195 e. The fourth-order valence-corrected chi connectivity index (χ4v) is 4.44. The number of carbonyl (C=O) groups excluding carboxylic acids is 2. The predicted octanol–water partition coefficient (Wildman–Crippen LogP) is 5.15. The van der Waals surface area contributed by atoms with Gasteiger partial charge in [-0.2, -0.15) is 0 Å². The molecule has 2 N–H and O–H groups in total. The number of hydrogen-bond acceptors (Lipinski definition) is 4. The number of aromatic amines is 1. The Morgan fingerprint density at radius 2 is 1.75 bits per heavy atom. The number of carbonyl (C=O) groups is 2. The molecule has 0 unspecified atom stereocenters. The summed E-state index contributed by atoms with van der Waals surface area (Å²) >= 11 is 1.67. The second kappa shape index (κ2) is 8.25. The highest BCUT2D eigenvalue weighted by Gasteiger charge is 2.26. The Kier molecular flexibility index (Phi) is 5.96. The van der Waals surface area contributed by atoms with E-state index in [1.54, 1.807) is 11.3 Å². The van der Waals surface area contributed by atoms with Crippen LogP contribution in [0.15, 0.2) is 41.8 Å². The fourth-order valence-electron chi connectivity index (χ4n) is 3.62. The Labute approximate surface area is 170 Å². The molecule has 0 fully saturated rings. The van der Waals surface area contributed by atoms with Crippen molar-refractivity contribution in [3.05, 3.63) is 80.3 Å². The van der Waals surface area contributed by atoms with Crippen LogP contribution in [-0.2, 0) is 0 Å². The summed E-state index contributed by atoms with van der Waals surface area (Å²) < 4.78 is 0. The monoisotopic (exact) mass is 394 g/mol. The summed E-state index contributed by atoms with van der Waals surface area (Å²) in [6, 6.07) is 12.0. The minimum absolute atomic E-state index is 0.0259. The van der Waals surface area contributed by atoms with Crippen molar-refractivity contribution in [2.45, 2.75) is 46.7 Å². The summed E-state index contributed by atoms with van der Waals surface area (Å²) in [6.07, 6.45) is 0. The van der Waals surface area contributed by atoms with Crippen LogP contribution in [0.1, 0.15) is 68.0 Å². The topological polar surface area (TPSA) is 62.0 Å². The van der Waals surface area contributed by atoms with Gasteiger partial charge in [0, 0.05) is 16.1 Å². The molecule has 4 nitrogen and oxygen atoms in total. The van der Waals surface area contributed by atoms with E-state index in [2.05, 4.69) is 47.6 Å². The molecule has 0 saturated carbocycles. The lowest BCUT2D eigenvalue weighted by atomic mass is 10.00. The lowest BCUT2D eigenvalue weighted by Gasteiger charge is -2.22. The molecule has 0 aliphatic carbocycles. The number of H-pyrrole nitrogens is 1. The zero-order chi connectivity index (χ0) is 20.4. The smallest absolute Gasteiger partial charge is 0.195 e. The first-order chi connectivity index (χ1) is 13.3. The van der Waals surface area contributed by atoms with Crippen molar-refractivity contribution in [3.8, 4) is 0 Å². The molecule has 28 heavy (non-hydrogen) atoms. The van der Waals surface area contributed by atoms with Gasteiger partial charge in [-0.25, -0.2) is 0 Å². The Morgan fingerprint density at radius 1 is 1.07 bits per heavy atom. The molecule has 3 rings (SSSR count). The van der Waals surface area contributed by atoms with Crippen LogP contribution in [0.25, 0.3) is 0 Å². The van der Waals surface area contributed by atoms with Gasteiger partial charge in [-0.05, 0) is 57.2 Å². The van der Waals surface area contributed by atoms with Crippen molar-refractivity contribution in [1.29, 1.82) is 0 Å². The number of thiophene rings is 1. The minimum atomic E-state index is -0.412. The summed E-state index contributed by atoms with van der Waals surface area (Å²) in [5.41, 5.74) is 4.92. The number of nitrogens with one attached hydrogen (secondary N) is 2. The van der Waals surface area contributed by atoms with Gasteiger partial charge in [0.1, 0.15) is 0 Å². The van der Waals surface area contributed by atoms with Gasteiger partial charge >= 0.3 is 0 Å². The lowest BCUT2D eigenvalue weighted by Crippen LogP contribution is -2.37. The van der Waals surface area contributed by atoms with E-state index in [9.17, 15) is 9.59 Å². The molecule has 0 spiro atoms. The van der Waals surface area contributed by atoms with E-state index in [1.807, 2.05) is 32.2 Å². The first kappa shape index (κ1) is 20.2. The number of aryl methyl sites for hydroxylation is 2. The number of hydrogen-bond donors (Lipinski definition) is 2. The largest absolute Gasteiger partial charge is 0.355 e. The molecule has 3 aromatic rings. The summed E-state index contributed by atoms with van der Waals surface area (Å²) in [6.45, 7) is 9.13. The quantitative estimate of drug-likeness (QED) is 0.545. The summed E-state index contributed by atoms with van der Waals surface area (Å²) in [7, 11) is 0. The van der Waals surface area contributed by atoms with Crippen molar-refractivity contribution in [1.82, 2.24) is 10.3 Å². The van der Waals surface area contributed by atoms with E-state index in [-0.39, 0.29) is 17.6 Å². The maximum absolute atomic E-state index is 13.1. The molecule has 5 heteroatoms. The Morgan fingerprint density at radius 3 is 2.29 bits per heavy atom. The van der Waals surface area contributed by atoms with Gasteiger partial charge in [0.05, 0.1) is 17.8 Å². The number of benzene rings is 1. The molecule has 0 aliphatic rings. The van der Waals surface area contributed by atoms with Crippen molar-refractivity contribution in [2.75, 3.05) is 0 Å². The Bertz CT molecular complexity index is 985. The number of ketones is 2. The number of Topliss-reactive ketones (excluding diaryl/α,β-unsaturated/α-hetero) is 2. The molecule has 2 atom stereocenters. The molecule has 0 bridgehead atoms. The van der Waals surface area contributed by atoms with Gasteiger partial charge in [-0.15, -0.1) is 11.3 Å². The van der Waals surface area contributed by atoms with Crippen LogP contribution in [-0.4, -0.2) is 22.6 Å². The molecular weight excluding hydrogens is 368 g/mol. The standard InChI is InChI=1S/C23H26N2O2S/c1-13-8-10-18(11-9-13)22(19-7-6-12-28-19)25-16(4)23(27)21-14(2)20(17(5)26)15(3)24-21/h6-12,16,22,24-25H,1-5H3/t16-,22+/m1/s1. The van der Waals surface area contributed by atoms with Crippen LogP contribution in [0.2, 0.25) is 0 Å². The molecule has 0 radical (unpaired) electrons. The van der Waals surface area contributed by atoms with Gasteiger partial charge in [0.2, 0.25) is 0 Å². The van der Waals surface area contributed by atoms with E-state index >= 15 is 0 Å². The van der Waals surface area contributed by atoms with Gasteiger partial charge in [-0.3, -0.25) is 14.9 Å². The molecular formula is C23H26N2O2S. The first-order valence-corrected chi connectivity index (χ1v) is 10.3. The molecule has 0 saturated heterocycles. The summed E-state index contributed by atoms with van der Waals surface area (Å²) in [5.74, 6) is -0.0659. The van der Waals surface area contributed by atoms with E-state index in [4.69, 9.17) is 0 Å². The van der Waals surface area contributed by atoms with Crippen LogP contribution in [0.4, 0.5) is 0 Å². The molecule has 0 amide bonds. The van der Waals surface area contributed by atoms with E-state index in [1.165, 1.54) is 12.5 Å². The SMILES string of the molecule is CC(=O)c1c(C)[nH]c(C(=O)[C@@H](C)N[C@@H](c2ccc(C)cc2)c2cccs2)c1C. The van der Waals surface area contributed by atoms with E-state index in [0.29, 0.717) is 11.3 Å². The minimum Gasteiger partial charge on any atom is -0.355 e. The summed E-state index contributed by atoms with van der Waals surface area (Å²) in [4.78, 5) is 29.3. The van der Waals surface area contributed by atoms with Crippen LogP contribution < -0.4 is 5.32 Å². The van der Waals surface area contributed by atoms with Gasteiger partial charge in [-0.1, -0.05) is 35.9 Å². The van der Waals surface area contributed by atoms with Crippen molar-refractivity contribution >= 4 is 22.9 Å². The highest BCUT2D eigenvalue weighted by Crippen LogP contribution is 2.28. The average molecular weight is 395 g/mol. The lowest BCUT2D eigenvalue weighted by molar-refractivity contribution is 0.0942. The van der Waals surface area contributed by atoms with E-state index in [0.717, 1.165) is 21.7 Å². The van der Waals surface area contributed by atoms with Gasteiger partial charge in [0.25, 0.3) is 0 Å². The highest BCUT2D eigenvalue weighted by atomic mass is 32.1. The Balaban J connectivity index is 1.89. The van der Waals surface area contributed by atoms with Crippen molar-refractivity contribution in [2.24, 2.45) is 0 Å².